The van der Waals surface area contributed by atoms with Gasteiger partial charge in [0.1, 0.15) is 36.4 Å². The van der Waals surface area contributed by atoms with Gasteiger partial charge in [-0.15, -0.1) is 0 Å². The summed E-state index contributed by atoms with van der Waals surface area (Å²) in [6.45, 7) is 2.77. The van der Waals surface area contributed by atoms with E-state index in [0.29, 0.717) is 19.6 Å². The van der Waals surface area contributed by atoms with Crippen molar-refractivity contribution in [2.75, 3.05) is 0 Å². The highest BCUT2D eigenvalue weighted by atomic mass is 16.5. The molecule has 0 saturated heterocycles. The number of aryl methyl sites for hydroxylation is 2. The van der Waals surface area contributed by atoms with Crippen LogP contribution in [0, 0.1) is 0 Å². The second-order valence-electron chi connectivity index (χ2n) is 11.0. The number of carbonyl (C=O) groups is 1. The molecule has 0 aliphatic heterocycles. The summed E-state index contributed by atoms with van der Waals surface area (Å²) >= 11 is 0. The van der Waals surface area contributed by atoms with Gasteiger partial charge in [0.15, 0.2) is 0 Å². The molecule has 0 radical (unpaired) electrons. The van der Waals surface area contributed by atoms with E-state index in [-0.39, 0.29) is 6.42 Å². The highest BCUT2D eigenvalue weighted by molar-refractivity contribution is 5.76. The Hall–Kier alpha value is -5.11. The highest BCUT2D eigenvalue weighted by Gasteiger charge is 2.30. The van der Waals surface area contributed by atoms with E-state index < -0.39 is 11.4 Å². The van der Waals surface area contributed by atoms with Crippen molar-refractivity contribution in [1.29, 1.82) is 0 Å². The second-order valence-corrected chi connectivity index (χ2v) is 11.0. The second kappa shape index (κ2) is 11.6. The predicted molar refractivity (Wildman–Crippen MR) is 166 cm³/mol. The van der Waals surface area contributed by atoms with Gasteiger partial charge in [-0.05, 0) is 66.1 Å². The molecule has 0 unspecified atom stereocenters. The van der Waals surface area contributed by atoms with Gasteiger partial charge in [0.05, 0.1) is 22.1 Å². The molecule has 6 rings (SSSR count). The fourth-order valence-corrected chi connectivity index (χ4v) is 5.60. The molecule has 0 bridgehead atoms. The summed E-state index contributed by atoms with van der Waals surface area (Å²) in [5.74, 6) is 2.31. The van der Waals surface area contributed by atoms with Gasteiger partial charge in [-0.2, -0.15) is 0 Å². The quantitative estimate of drug-likeness (QED) is 0.183. The van der Waals surface area contributed by atoms with Crippen molar-refractivity contribution in [3.05, 3.63) is 120 Å². The number of carboxylic acids is 1. The third-order valence-electron chi connectivity index (χ3n) is 8.32. The molecule has 2 aromatic heterocycles. The van der Waals surface area contributed by atoms with E-state index in [0.717, 1.165) is 56.3 Å². The van der Waals surface area contributed by atoms with Gasteiger partial charge in [0, 0.05) is 25.9 Å². The van der Waals surface area contributed by atoms with Gasteiger partial charge in [-0.3, -0.25) is 4.79 Å². The molecule has 0 amide bonds. The lowest BCUT2D eigenvalue weighted by Crippen LogP contribution is -2.25. The van der Waals surface area contributed by atoms with Gasteiger partial charge in [0.2, 0.25) is 0 Å². The SMILES string of the molecule is Cn1c(COc2ccc(C(C)(CCC(=O)O)c3ccc(OCc4nc5ccccc5n4C)cc3)cc2)nc2ccccc21. The number of aromatic nitrogens is 4. The summed E-state index contributed by atoms with van der Waals surface area (Å²) in [6, 6.07) is 31.8. The maximum atomic E-state index is 11.6. The molecule has 8 heteroatoms. The van der Waals surface area contributed by atoms with Gasteiger partial charge in [-0.1, -0.05) is 55.5 Å². The molecule has 0 atom stereocenters. The first kappa shape index (κ1) is 28.0. The Balaban J connectivity index is 1.17. The maximum absolute atomic E-state index is 11.6. The summed E-state index contributed by atoms with van der Waals surface area (Å²) in [4.78, 5) is 21.0. The van der Waals surface area contributed by atoms with E-state index in [9.17, 15) is 9.90 Å². The number of ether oxygens (including phenoxy) is 2. The van der Waals surface area contributed by atoms with Crippen LogP contribution in [0.4, 0.5) is 0 Å². The van der Waals surface area contributed by atoms with Crippen LogP contribution in [-0.2, 0) is 37.5 Å². The smallest absolute Gasteiger partial charge is 0.303 e. The first-order chi connectivity index (χ1) is 20.8. The van der Waals surface area contributed by atoms with E-state index in [1.165, 1.54) is 0 Å². The number of rotatable bonds is 11. The van der Waals surface area contributed by atoms with Gasteiger partial charge in [-0.25, -0.2) is 9.97 Å². The monoisotopic (exact) mass is 574 g/mol. The average Bonchev–Trinajstić information content (AvgIpc) is 3.53. The molecule has 0 fully saturated rings. The summed E-state index contributed by atoms with van der Waals surface area (Å²) in [6.07, 6.45) is 0.495. The minimum atomic E-state index is -0.823. The number of nitrogens with zero attached hydrogens (tertiary/aromatic N) is 4. The molecular formula is C35H34N4O4. The molecule has 43 heavy (non-hydrogen) atoms. The van der Waals surface area contributed by atoms with Gasteiger partial charge < -0.3 is 23.7 Å². The molecule has 2 heterocycles. The van der Waals surface area contributed by atoms with Crippen LogP contribution < -0.4 is 9.47 Å². The Bertz CT molecular complexity index is 1760. The fourth-order valence-electron chi connectivity index (χ4n) is 5.60. The lowest BCUT2D eigenvalue weighted by Gasteiger charge is -2.31. The van der Waals surface area contributed by atoms with Crippen LogP contribution in [0.15, 0.2) is 97.1 Å². The van der Waals surface area contributed by atoms with E-state index in [4.69, 9.17) is 9.47 Å². The van der Waals surface area contributed by atoms with Gasteiger partial charge in [0.25, 0.3) is 0 Å². The molecule has 218 valence electrons. The van der Waals surface area contributed by atoms with Crippen molar-refractivity contribution >= 4 is 28.0 Å². The van der Waals surface area contributed by atoms with E-state index >= 15 is 0 Å². The fraction of sp³-hybridized carbons (Fsp3) is 0.229. The Morgan fingerprint density at radius 1 is 0.698 bits per heavy atom. The molecule has 1 N–H and O–H groups in total. The Morgan fingerprint density at radius 2 is 1.12 bits per heavy atom. The number of hydrogen-bond acceptors (Lipinski definition) is 5. The zero-order chi connectivity index (χ0) is 30.0. The molecule has 0 aliphatic carbocycles. The molecule has 0 saturated carbocycles. The zero-order valence-electron chi connectivity index (χ0n) is 24.5. The van der Waals surface area contributed by atoms with Crippen molar-refractivity contribution in [2.24, 2.45) is 14.1 Å². The normalized spacial score (nSPS) is 11.7. The molecule has 0 spiro atoms. The molecule has 6 aromatic rings. The summed E-state index contributed by atoms with van der Waals surface area (Å²) in [5, 5.41) is 9.51. The maximum Gasteiger partial charge on any atom is 0.303 e. The third kappa shape index (κ3) is 5.68. The number of para-hydroxylation sites is 4. The van der Waals surface area contributed by atoms with Crippen LogP contribution in [0.1, 0.15) is 42.5 Å². The van der Waals surface area contributed by atoms with E-state index in [2.05, 4.69) is 16.9 Å². The molecule has 0 aliphatic rings. The van der Waals surface area contributed by atoms with Crippen molar-refractivity contribution in [3.8, 4) is 11.5 Å². The van der Waals surface area contributed by atoms with Crippen LogP contribution in [0.2, 0.25) is 0 Å². The summed E-state index contributed by atoms with van der Waals surface area (Å²) < 4.78 is 16.2. The number of fused-ring (bicyclic) bond motifs is 2. The highest BCUT2D eigenvalue weighted by Crippen LogP contribution is 2.38. The first-order valence-corrected chi connectivity index (χ1v) is 14.3. The number of hydrogen-bond donors (Lipinski definition) is 1. The number of imidazole rings is 2. The summed E-state index contributed by atoms with van der Waals surface area (Å²) in [5.41, 5.74) is 5.50. The number of benzene rings is 4. The minimum absolute atomic E-state index is 0.0481. The Morgan fingerprint density at radius 3 is 1.51 bits per heavy atom. The summed E-state index contributed by atoms with van der Waals surface area (Å²) in [7, 11) is 3.98. The molecule has 4 aromatic carbocycles. The van der Waals surface area contributed by atoms with Crippen LogP contribution in [0.25, 0.3) is 22.1 Å². The van der Waals surface area contributed by atoms with Crippen LogP contribution in [-0.4, -0.2) is 30.2 Å². The van der Waals surface area contributed by atoms with Crippen molar-refractivity contribution in [2.45, 2.75) is 38.4 Å². The van der Waals surface area contributed by atoms with E-state index in [1.54, 1.807) is 0 Å². The third-order valence-corrected chi connectivity index (χ3v) is 8.32. The number of carboxylic acid groups (broad SMARTS) is 1. The van der Waals surface area contributed by atoms with Crippen molar-refractivity contribution < 1.29 is 19.4 Å². The number of aliphatic carboxylic acids is 1. The lowest BCUT2D eigenvalue weighted by atomic mass is 9.73. The zero-order valence-corrected chi connectivity index (χ0v) is 24.5. The predicted octanol–water partition coefficient (Wildman–Crippen LogP) is 6.79. The lowest BCUT2D eigenvalue weighted by molar-refractivity contribution is -0.137. The minimum Gasteiger partial charge on any atom is -0.486 e. The topological polar surface area (TPSA) is 91.4 Å². The van der Waals surface area contributed by atoms with Crippen LogP contribution >= 0.6 is 0 Å². The largest absolute Gasteiger partial charge is 0.486 e. The first-order valence-electron chi connectivity index (χ1n) is 14.3. The van der Waals surface area contributed by atoms with Crippen molar-refractivity contribution in [3.63, 3.8) is 0 Å². The van der Waals surface area contributed by atoms with Crippen LogP contribution in [0.3, 0.4) is 0 Å². The Kier molecular flexibility index (Phi) is 7.59. The van der Waals surface area contributed by atoms with Crippen molar-refractivity contribution in [1.82, 2.24) is 19.1 Å². The standard InChI is InChI=1S/C35H34N4O4/c1-35(21-20-34(40)41,24-12-16-26(17-13-24)42-22-32-36-28-8-4-6-10-30(28)38(32)2)25-14-18-27(19-15-25)43-23-33-37-29-9-5-7-11-31(29)39(33)3/h4-19H,20-23H2,1-3H3,(H,40,41). The molecular weight excluding hydrogens is 540 g/mol. The Labute approximate surface area is 250 Å². The average molecular weight is 575 g/mol. The van der Waals surface area contributed by atoms with E-state index in [1.807, 2.05) is 120 Å². The molecule has 8 nitrogen and oxygen atoms in total. The van der Waals surface area contributed by atoms with Crippen LogP contribution in [0.5, 0.6) is 11.5 Å². The van der Waals surface area contributed by atoms with Gasteiger partial charge >= 0.3 is 5.97 Å².